The molecule has 2 aliphatic heterocycles. The van der Waals surface area contributed by atoms with E-state index in [-0.39, 0.29) is 0 Å². The van der Waals surface area contributed by atoms with Crippen molar-refractivity contribution in [3.8, 4) is 0 Å². The second-order valence-corrected chi connectivity index (χ2v) is 5.41. The van der Waals surface area contributed by atoms with Crippen LogP contribution in [0.5, 0.6) is 0 Å². The van der Waals surface area contributed by atoms with Crippen LogP contribution in [0.4, 0.5) is 11.4 Å². The predicted octanol–water partition coefficient (Wildman–Crippen LogP) is 2.16. The molecule has 18 heavy (non-hydrogen) atoms. The summed E-state index contributed by atoms with van der Waals surface area (Å²) < 4.78 is 0. The van der Waals surface area contributed by atoms with Crippen molar-refractivity contribution in [1.82, 2.24) is 9.88 Å². The number of nitrogens with zero attached hydrogens (tertiary/aromatic N) is 2. The van der Waals surface area contributed by atoms with Crippen LogP contribution >= 0.6 is 0 Å². The quantitative estimate of drug-likeness (QED) is 0.857. The molecule has 4 heteroatoms. The van der Waals surface area contributed by atoms with Gasteiger partial charge in [-0.05, 0) is 38.3 Å². The monoisotopic (exact) mass is 246 g/mol. The highest BCUT2D eigenvalue weighted by molar-refractivity contribution is 5.54. The second kappa shape index (κ2) is 5.14. The summed E-state index contributed by atoms with van der Waals surface area (Å²) in [6, 6.07) is 3.56. The van der Waals surface area contributed by atoms with Crippen molar-refractivity contribution < 1.29 is 0 Å². The van der Waals surface area contributed by atoms with E-state index in [0.717, 1.165) is 17.4 Å². The molecule has 98 valence electrons. The molecule has 3 rings (SSSR count). The van der Waals surface area contributed by atoms with Crippen molar-refractivity contribution in [3.05, 3.63) is 18.5 Å². The number of hydrogen-bond acceptors (Lipinski definition) is 4. The minimum atomic E-state index is 0.609. The Morgan fingerprint density at radius 3 is 3.00 bits per heavy atom. The summed E-state index contributed by atoms with van der Waals surface area (Å²) in [7, 11) is 1.93. The van der Waals surface area contributed by atoms with E-state index in [1.54, 1.807) is 0 Å². The Kier molecular flexibility index (Phi) is 3.37. The second-order valence-electron chi connectivity index (χ2n) is 5.41. The van der Waals surface area contributed by atoms with E-state index >= 15 is 0 Å². The molecule has 2 atom stereocenters. The standard InChI is InChI=1S/C14H22N4/c1-15-12-7-13(10-16-9-12)17-11-4-6-18-5-2-3-14(18)8-11/h7,9-11,14-15,17H,2-6,8H2,1H3. The fourth-order valence-electron chi connectivity index (χ4n) is 3.25. The van der Waals surface area contributed by atoms with Crippen LogP contribution in [0.1, 0.15) is 25.7 Å². The normalized spacial score (nSPS) is 27.8. The molecular weight excluding hydrogens is 224 g/mol. The molecule has 0 aliphatic carbocycles. The van der Waals surface area contributed by atoms with Crippen molar-refractivity contribution >= 4 is 11.4 Å². The maximum atomic E-state index is 4.25. The molecule has 2 saturated heterocycles. The van der Waals surface area contributed by atoms with Crippen molar-refractivity contribution in [2.45, 2.75) is 37.8 Å². The van der Waals surface area contributed by atoms with Gasteiger partial charge in [-0.1, -0.05) is 0 Å². The van der Waals surface area contributed by atoms with Gasteiger partial charge < -0.3 is 15.5 Å². The van der Waals surface area contributed by atoms with Gasteiger partial charge in [-0.15, -0.1) is 0 Å². The Balaban J connectivity index is 1.62. The van der Waals surface area contributed by atoms with E-state index in [1.807, 2.05) is 19.4 Å². The Morgan fingerprint density at radius 1 is 1.22 bits per heavy atom. The van der Waals surface area contributed by atoms with Crippen molar-refractivity contribution in [2.24, 2.45) is 0 Å². The highest BCUT2D eigenvalue weighted by Crippen LogP contribution is 2.28. The molecule has 2 aliphatic rings. The molecule has 2 fully saturated rings. The molecule has 0 bridgehead atoms. The summed E-state index contributed by atoms with van der Waals surface area (Å²) in [5, 5.41) is 6.77. The summed E-state index contributed by atoms with van der Waals surface area (Å²) in [5.41, 5.74) is 2.21. The SMILES string of the molecule is CNc1cncc(NC2CCN3CCCC3C2)c1. The van der Waals surface area contributed by atoms with E-state index in [1.165, 1.54) is 38.8 Å². The summed E-state index contributed by atoms with van der Waals surface area (Å²) in [6.07, 6.45) is 9.07. The Bertz CT molecular complexity index is 407. The minimum Gasteiger partial charge on any atom is -0.387 e. The number of rotatable bonds is 3. The average molecular weight is 246 g/mol. The van der Waals surface area contributed by atoms with Crippen LogP contribution in [0.25, 0.3) is 0 Å². The number of anilines is 2. The lowest BCUT2D eigenvalue weighted by molar-refractivity contribution is 0.188. The summed E-state index contributed by atoms with van der Waals surface area (Å²) in [4.78, 5) is 6.91. The van der Waals surface area contributed by atoms with Crippen LogP contribution in [-0.4, -0.2) is 42.1 Å². The van der Waals surface area contributed by atoms with E-state index in [2.05, 4.69) is 26.6 Å². The summed E-state index contributed by atoms with van der Waals surface area (Å²) in [6.45, 7) is 2.57. The Morgan fingerprint density at radius 2 is 2.11 bits per heavy atom. The van der Waals surface area contributed by atoms with Crippen LogP contribution in [0.2, 0.25) is 0 Å². The van der Waals surface area contributed by atoms with Crippen molar-refractivity contribution in [1.29, 1.82) is 0 Å². The molecule has 0 aromatic carbocycles. The molecule has 0 saturated carbocycles. The summed E-state index contributed by atoms with van der Waals surface area (Å²) >= 11 is 0. The highest BCUT2D eigenvalue weighted by Gasteiger charge is 2.31. The van der Waals surface area contributed by atoms with Gasteiger partial charge in [0.25, 0.3) is 0 Å². The van der Waals surface area contributed by atoms with E-state index in [9.17, 15) is 0 Å². The molecule has 1 aromatic heterocycles. The number of hydrogen-bond donors (Lipinski definition) is 2. The number of aromatic nitrogens is 1. The van der Waals surface area contributed by atoms with Gasteiger partial charge >= 0.3 is 0 Å². The first-order chi connectivity index (χ1) is 8.85. The third-order valence-electron chi connectivity index (χ3n) is 4.22. The lowest BCUT2D eigenvalue weighted by Crippen LogP contribution is -2.42. The average Bonchev–Trinajstić information content (AvgIpc) is 2.86. The van der Waals surface area contributed by atoms with Crippen LogP contribution in [0.3, 0.4) is 0 Å². The molecule has 0 radical (unpaired) electrons. The molecule has 2 unspecified atom stereocenters. The molecule has 0 spiro atoms. The van der Waals surface area contributed by atoms with E-state index in [4.69, 9.17) is 0 Å². The lowest BCUT2D eigenvalue weighted by atomic mass is 9.97. The minimum absolute atomic E-state index is 0.609. The van der Waals surface area contributed by atoms with Gasteiger partial charge in [-0.25, -0.2) is 0 Å². The number of nitrogens with one attached hydrogen (secondary N) is 2. The summed E-state index contributed by atoms with van der Waals surface area (Å²) in [5.74, 6) is 0. The van der Waals surface area contributed by atoms with Gasteiger partial charge in [0, 0.05) is 25.7 Å². The lowest BCUT2D eigenvalue weighted by Gasteiger charge is -2.35. The fourth-order valence-corrected chi connectivity index (χ4v) is 3.25. The maximum Gasteiger partial charge on any atom is 0.0549 e. The van der Waals surface area contributed by atoms with Gasteiger partial charge in [0.1, 0.15) is 0 Å². The van der Waals surface area contributed by atoms with E-state index < -0.39 is 0 Å². The zero-order chi connectivity index (χ0) is 12.4. The van der Waals surface area contributed by atoms with Gasteiger partial charge in [-0.3, -0.25) is 4.98 Å². The van der Waals surface area contributed by atoms with Crippen molar-refractivity contribution in [3.63, 3.8) is 0 Å². The topological polar surface area (TPSA) is 40.2 Å². The molecule has 4 nitrogen and oxygen atoms in total. The fraction of sp³-hybridized carbons (Fsp3) is 0.643. The van der Waals surface area contributed by atoms with Crippen LogP contribution in [0, 0.1) is 0 Å². The Labute approximate surface area is 109 Å². The smallest absolute Gasteiger partial charge is 0.0549 e. The molecule has 1 aromatic rings. The van der Waals surface area contributed by atoms with Gasteiger partial charge in [0.05, 0.1) is 23.8 Å². The predicted molar refractivity (Wildman–Crippen MR) is 75.0 cm³/mol. The third-order valence-corrected chi connectivity index (χ3v) is 4.22. The van der Waals surface area contributed by atoms with Gasteiger partial charge in [0.2, 0.25) is 0 Å². The third kappa shape index (κ3) is 2.43. The van der Waals surface area contributed by atoms with Crippen LogP contribution < -0.4 is 10.6 Å². The van der Waals surface area contributed by atoms with E-state index in [0.29, 0.717) is 6.04 Å². The number of piperidine rings is 1. The Hall–Kier alpha value is -1.29. The zero-order valence-electron chi connectivity index (χ0n) is 11.0. The van der Waals surface area contributed by atoms with Gasteiger partial charge in [-0.2, -0.15) is 0 Å². The first-order valence-electron chi connectivity index (χ1n) is 6.98. The van der Waals surface area contributed by atoms with Crippen molar-refractivity contribution in [2.75, 3.05) is 30.8 Å². The largest absolute Gasteiger partial charge is 0.387 e. The molecule has 2 N–H and O–H groups in total. The first-order valence-corrected chi connectivity index (χ1v) is 6.98. The zero-order valence-corrected chi connectivity index (χ0v) is 11.0. The maximum absolute atomic E-state index is 4.25. The number of fused-ring (bicyclic) bond motifs is 1. The molecular formula is C14H22N4. The highest BCUT2D eigenvalue weighted by atomic mass is 15.2. The number of pyridine rings is 1. The first kappa shape index (κ1) is 11.8. The molecule has 3 heterocycles. The van der Waals surface area contributed by atoms with Crippen LogP contribution in [-0.2, 0) is 0 Å². The van der Waals surface area contributed by atoms with Crippen LogP contribution in [0.15, 0.2) is 18.5 Å². The van der Waals surface area contributed by atoms with Gasteiger partial charge in [0.15, 0.2) is 0 Å². The molecule has 0 amide bonds.